The lowest BCUT2D eigenvalue weighted by atomic mass is 9.85. The lowest BCUT2D eigenvalue weighted by Crippen LogP contribution is -2.44. The summed E-state index contributed by atoms with van der Waals surface area (Å²) in [5, 5.41) is 0.0405. The average molecular weight is 361 g/mol. The summed E-state index contributed by atoms with van der Waals surface area (Å²) in [7, 11) is -2.48. The van der Waals surface area contributed by atoms with E-state index in [-0.39, 0.29) is 27.4 Å². The van der Waals surface area contributed by atoms with E-state index in [1.54, 1.807) is 0 Å². The van der Waals surface area contributed by atoms with E-state index in [4.69, 9.17) is 17.3 Å². The van der Waals surface area contributed by atoms with Gasteiger partial charge < -0.3 is 10.5 Å². The van der Waals surface area contributed by atoms with Crippen LogP contribution in [0.4, 0.5) is 0 Å². The summed E-state index contributed by atoms with van der Waals surface area (Å²) in [5.41, 5.74) is 5.87. The highest BCUT2D eigenvalue weighted by Gasteiger charge is 2.29. The Hall–Kier alpha value is -1.15. The molecule has 0 radical (unpaired) electrons. The van der Waals surface area contributed by atoms with Crippen LogP contribution in [0, 0.1) is 5.92 Å². The first-order valence-corrected chi connectivity index (χ1v) is 9.35. The van der Waals surface area contributed by atoms with Crippen molar-refractivity contribution in [3.8, 4) is 0 Å². The van der Waals surface area contributed by atoms with E-state index in [0.29, 0.717) is 6.54 Å². The van der Waals surface area contributed by atoms with Crippen molar-refractivity contribution in [1.82, 2.24) is 4.72 Å². The third kappa shape index (κ3) is 4.23. The number of methoxy groups -OCH3 is 1. The molecule has 1 aliphatic rings. The van der Waals surface area contributed by atoms with Gasteiger partial charge >= 0.3 is 5.97 Å². The fourth-order valence-electron chi connectivity index (χ4n) is 2.85. The normalized spacial score (nSPS) is 21.9. The van der Waals surface area contributed by atoms with Gasteiger partial charge in [-0.05, 0) is 43.5 Å². The van der Waals surface area contributed by atoms with Crippen molar-refractivity contribution in [3.63, 3.8) is 0 Å². The minimum absolute atomic E-state index is 0.0245. The molecule has 1 aromatic carbocycles. The highest BCUT2D eigenvalue weighted by Crippen LogP contribution is 2.26. The molecule has 128 valence electrons. The molecular weight excluding hydrogens is 340 g/mol. The molecule has 0 spiro atoms. The number of esters is 1. The Balaban J connectivity index is 2.22. The van der Waals surface area contributed by atoms with Gasteiger partial charge in [0.15, 0.2) is 0 Å². The number of ether oxygens (including phenoxy) is 1. The number of hydrogen-bond acceptors (Lipinski definition) is 5. The van der Waals surface area contributed by atoms with E-state index in [9.17, 15) is 13.2 Å². The van der Waals surface area contributed by atoms with Crippen LogP contribution >= 0.6 is 11.6 Å². The number of carbonyl (C=O) groups excluding carboxylic acids is 1. The molecule has 0 bridgehead atoms. The molecule has 3 N–H and O–H groups in total. The third-order valence-electron chi connectivity index (χ3n) is 4.17. The van der Waals surface area contributed by atoms with Crippen LogP contribution in [0.5, 0.6) is 0 Å². The summed E-state index contributed by atoms with van der Waals surface area (Å²) in [5.74, 6) is -0.467. The number of rotatable bonds is 5. The molecule has 2 atom stereocenters. The number of sulfonamides is 1. The van der Waals surface area contributed by atoms with Crippen molar-refractivity contribution >= 4 is 27.6 Å². The van der Waals surface area contributed by atoms with Gasteiger partial charge in [0.2, 0.25) is 10.0 Å². The van der Waals surface area contributed by atoms with Crippen LogP contribution in [0.3, 0.4) is 0 Å². The maximum Gasteiger partial charge on any atom is 0.339 e. The fourth-order valence-corrected chi connectivity index (χ4v) is 4.54. The van der Waals surface area contributed by atoms with Gasteiger partial charge in [0.05, 0.1) is 22.6 Å². The highest BCUT2D eigenvalue weighted by molar-refractivity contribution is 7.89. The number of carbonyl (C=O) groups is 1. The van der Waals surface area contributed by atoms with Crippen LogP contribution < -0.4 is 10.5 Å². The topological polar surface area (TPSA) is 98.5 Å². The molecule has 0 saturated heterocycles. The Morgan fingerprint density at radius 2 is 2.09 bits per heavy atom. The van der Waals surface area contributed by atoms with Crippen LogP contribution in [0.25, 0.3) is 0 Å². The zero-order chi connectivity index (χ0) is 17.0. The molecule has 1 aliphatic carbocycles. The molecule has 0 heterocycles. The Morgan fingerprint density at radius 1 is 1.39 bits per heavy atom. The van der Waals surface area contributed by atoms with E-state index >= 15 is 0 Å². The van der Waals surface area contributed by atoms with Gasteiger partial charge in [0.1, 0.15) is 0 Å². The van der Waals surface area contributed by atoms with E-state index in [0.717, 1.165) is 25.7 Å². The van der Waals surface area contributed by atoms with Crippen LogP contribution in [0.15, 0.2) is 23.1 Å². The molecule has 0 unspecified atom stereocenters. The van der Waals surface area contributed by atoms with Crippen molar-refractivity contribution in [1.29, 1.82) is 0 Å². The molecular formula is C15H21ClN2O4S. The maximum atomic E-state index is 12.5. The van der Waals surface area contributed by atoms with Gasteiger partial charge in [-0.3, -0.25) is 0 Å². The summed E-state index contributed by atoms with van der Waals surface area (Å²) in [6.45, 7) is 0.454. The molecule has 0 aromatic heterocycles. The zero-order valence-corrected chi connectivity index (χ0v) is 14.5. The van der Waals surface area contributed by atoms with Crippen molar-refractivity contribution in [2.45, 2.75) is 36.6 Å². The standard InChI is InChI=1S/C15H21ClN2O4S/c1-22-15(19)12-7-6-11(8-13(12)16)23(20,21)18-14-5-3-2-4-10(14)9-17/h6-8,10,14,18H,2-5,9,17H2,1H3/t10-,14-/m1/s1. The minimum atomic E-state index is -3.72. The maximum absolute atomic E-state index is 12.5. The van der Waals surface area contributed by atoms with Crippen molar-refractivity contribution in [2.75, 3.05) is 13.7 Å². The lowest BCUT2D eigenvalue weighted by molar-refractivity contribution is 0.0601. The second-order valence-electron chi connectivity index (χ2n) is 5.64. The molecule has 2 rings (SSSR count). The molecule has 8 heteroatoms. The van der Waals surface area contributed by atoms with Crippen molar-refractivity contribution in [3.05, 3.63) is 28.8 Å². The van der Waals surface area contributed by atoms with E-state index in [2.05, 4.69) is 9.46 Å². The average Bonchev–Trinajstić information content (AvgIpc) is 2.54. The van der Waals surface area contributed by atoms with E-state index in [1.807, 2.05) is 0 Å². The first-order chi connectivity index (χ1) is 10.9. The summed E-state index contributed by atoms with van der Waals surface area (Å²) >= 11 is 5.99. The SMILES string of the molecule is COC(=O)c1ccc(S(=O)(=O)N[C@@H]2CCCC[C@@H]2CN)cc1Cl. The molecule has 0 aliphatic heterocycles. The van der Waals surface area contributed by atoms with Crippen LogP contribution in [-0.4, -0.2) is 34.1 Å². The Bertz CT molecular complexity index is 678. The van der Waals surface area contributed by atoms with E-state index in [1.165, 1.54) is 25.3 Å². The Morgan fingerprint density at radius 3 is 2.70 bits per heavy atom. The first kappa shape index (κ1) is 18.2. The van der Waals surface area contributed by atoms with Gasteiger partial charge in [0, 0.05) is 6.04 Å². The smallest absolute Gasteiger partial charge is 0.339 e. The number of nitrogens with two attached hydrogens (primary N) is 1. The van der Waals surface area contributed by atoms with Gasteiger partial charge in [-0.2, -0.15) is 0 Å². The summed E-state index contributed by atoms with van der Waals surface area (Å²) in [6, 6.07) is 3.79. The zero-order valence-electron chi connectivity index (χ0n) is 12.9. The summed E-state index contributed by atoms with van der Waals surface area (Å²) < 4.78 is 32.4. The fraction of sp³-hybridized carbons (Fsp3) is 0.533. The van der Waals surface area contributed by atoms with Crippen LogP contribution in [0.1, 0.15) is 36.0 Å². The van der Waals surface area contributed by atoms with Crippen LogP contribution in [-0.2, 0) is 14.8 Å². The first-order valence-electron chi connectivity index (χ1n) is 7.49. The molecule has 0 amide bonds. The van der Waals surface area contributed by atoms with Gasteiger partial charge in [-0.25, -0.2) is 17.9 Å². The summed E-state index contributed by atoms with van der Waals surface area (Å²) in [4.78, 5) is 11.5. The Kier molecular flexibility index (Phi) is 6.02. The monoisotopic (exact) mass is 360 g/mol. The van der Waals surface area contributed by atoms with Gasteiger partial charge in [0.25, 0.3) is 0 Å². The molecule has 1 saturated carbocycles. The van der Waals surface area contributed by atoms with Gasteiger partial charge in [-0.15, -0.1) is 0 Å². The van der Waals surface area contributed by atoms with Crippen LogP contribution in [0.2, 0.25) is 5.02 Å². The number of nitrogens with one attached hydrogen (secondary N) is 1. The number of benzene rings is 1. The van der Waals surface area contributed by atoms with Crippen molar-refractivity contribution in [2.24, 2.45) is 11.7 Å². The number of halogens is 1. The quantitative estimate of drug-likeness (QED) is 0.781. The second-order valence-corrected chi connectivity index (χ2v) is 7.76. The lowest BCUT2D eigenvalue weighted by Gasteiger charge is -2.31. The second kappa shape index (κ2) is 7.61. The predicted octanol–water partition coefficient (Wildman–Crippen LogP) is 1.92. The minimum Gasteiger partial charge on any atom is -0.465 e. The molecule has 1 fully saturated rings. The van der Waals surface area contributed by atoms with E-state index < -0.39 is 16.0 Å². The largest absolute Gasteiger partial charge is 0.465 e. The number of hydrogen-bond donors (Lipinski definition) is 2. The Labute approximate surface area is 141 Å². The molecule has 1 aromatic rings. The summed E-state index contributed by atoms with van der Waals surface area (Å²) in [6.07, 6.45) is 3.74. The third-order valence-corrected chi connectivity index (χ3v) is 5.97. The molecule has 6 nitrogen and oxygen atoms in total. The predicted molar refractivity (Wildman–Crippen MR) is 87.9 cm³/mol. The highest BCUT2D eigenvalue weighted by atomic mass is 35.5. The molecule has 23 heavy (non-hydrogen) atoms. The van der Waals surface area contributed by atoms with Crippen molar-refractivity contribution < 1.29 is 17.9 Å². The van der Waals surface area contributed by atoms with Gasteiger partial charge in [-0.1, -0.05) is 24.4 Å².